The highest BCUT2D eigenvalue weighted by Gasteiger charge is 2.49. The number of halogens is 1. The van der Waals surface area contributed by atoms with E-state index in [1.807, 2.05) is 0 Å². The molecule has 1 aliphatic carbocycles. The van der Waals surface area contributed by atoms with Gasteiger partial charge < -0.3 is 9.84 Å². The minimum absolute atomic E-state index is 0.103. The molecule has 1 fully saturated rings. The summed E-state index contributed by atoms with van der Waals surface area (Å²) in [6.45, 7) is 4.49. The molecule has 1 saturated heterocycles. The lowest BCUT2D eigenvalue weighted by Gasteiger charge is -2.40. The predicted octanol–water partition coefficient (Wildman–Crippen LogP) is 3.78. The van der Waals surface area contributed by atoms with Gasteiger partial charge in [0.1, 0.15) is 11.3 Å². The number of rotatable bonds is 4. The molecule has 2 aliphatic rings. The zero-order valence-electron chi connectivity index (χ0n) is 13.3. The van der Waals surface area contributed by atoms with Crippen molar-refractivity contribution in [1.29, 1.82) is 0 Å². The van der Waals surface area contributed by atoms with Crippen molar-refractivity contribution >= 4 is 28.9 Å². The number of ketones is 2. The van der Waals surface area contributed by atoms with E-state index in [1.165, 1.54) is 0 Å². The first kappa shape index (κ1) is 16.9. The van der Waals surface area contributed by atoms with Gasteiger partial charge in [-0.25, -0.2) is 0 Å². The Morgan fingerprint density at radius 1 is 1.38 bits per heavy atom. The Morgan fingerprint density at radius 3 is 2.75 bits per heavy atom. The molecular formula is C19H19ClO4. The fourth-order valence-electron chi connectivity index (χ4n) is 3.57. The molecule has 5 heteroatoms. The van der Waals surface area contributed by atoms with Crippen LogP contribution in [0.5, 0.6) is 0 Å². The first-order valence-electron chi connectivity index (χ1n) is 8.01. The highest BCUT2D eigenvalue weighted by molar-refractivity contribution is 6.32. The van der Waals surface area contributed by atoms with Gasteiger partial charge in [0.25, 0.3) is 0 Å². The molecule has 1 aromatic rings. The van der Waals surface area contributed by atoms with Crippen LogP contribution < -0.4 is 0 Å². The van der Waals surface area contributed by atoms with E-state index in [0.717, 1.165) is 5.56 Å². The quantitative estimate of drug-likeness (QED) is 0.665. The second-order valence-electron chi connectivity index (χ2n) is 6.19. The van der Waals surface area contributed by atoms with Crippen molar-refractivity contribution in [2.45, 2.75) is 31.1 Å². The number of benzene rings is 1. The average Bonchev–Trinajstić information content (AvgIpc) is 2.59. The summed E-state index contributed by atoms with van der Waals surface area (Å²) in [5, 5.41) is 11.1. The van der Waals surface area contributed by atoms with Gasteiger partial charge in [0.15, 0.2) is 11.6 Å². The van der Waals surface area contributed by atoms with Crippen LogP contribution in [0.1, 0.15) is 36.8 Å². The minimum atomic E-state index is -0.816. The normalized spacial score (nSPS) is 19.3. The first-order valence-corrected chi connectivity index (χ1v) is 8.39. The maximum absolute atomic E-state index is 13.2. The van der Waals surface area contributed by atoms with E-state index in [2.05, 4.69) is 6.58 Å². The summed E-state index contributed by atoms with van der Waals surface area (Å²) >= 11 is 6.08. The molecule has 1 spiro atoms. The molecule has 1 aliphatic heterocycles. The van der Waals surface area contributed by atoms with Crippen molar-refractivity contribution in [3.05, 3.63) is 52.6 Å². The maximum Gasteiger partial charge on any atom is 0.180 e. The van der Waals surface area contributed by atoms with E-state index >= 15 is 0 Å². The van der Waals surface area contributed by atoms with Crippen LogP contribution in [0.2, 0.25) is 5.02 Å². The first-order chi connectivity index (χ1) is 11.5. The Morgan fingerprint density at radius 2 is 2.08 bits per heavy atom. The number of carbonyl (C=O) groups is 2. The smallest absolute Gasteiger partial charge is 0.180 e. The number of ether oxygens (including phenoxy) is 1. The Kier molecular flexibility index (Phi) is 4.61. The number of hydrogen-bond acceptors (Lipinski definition) is 4. The fraction of sp³-hybridized carbons (Fsp3) is 0.368. The van der Waals surface area contributed by atoms with Crippen molar-refractivity contribution in [1.82, 2.24) is 0 Å². The molecule has 1 aromatic carbocycles. The van der Waals surface area contributed by atoms with Crippen molar-refractivity contribution in [3.63, 3.8) is 0 Å². The molecule has 4 nitrogen and oxygen atoms in total. The van der Waals surface area contributed by atoms with Gasteiger partial charge in [-0.2, -0.15) is 0 Å². The molecule has 0 saturated carbocycles. The van der Waals surface area contributed by atoms with Crippen molar-refractivity contribution < 1.29 is 19.4 Å². The summed E-state index contributed by atoms with van der Waals surface area (Å²) in [6.07, 6.45) is 3.22. The van der Waals surface area contributed by atoms with Crippen LogP contribution in [0, 0.1) is 0 Å². The Labute approximate surface area is 145 Å². The number of aliphatic hydroxyl groups excluding tert-OH is 1. The standard InChI is InChI=1S/C19H19ClO4/c1-2-3-4-15(21)16-17(22)13-11-12(20)5-6-14(13)19(18(16)23)7-9-24-10-8-19/h2,5-6,11,22H,1,3-4,7-10H2. The van der Waals surface area contributed by atoms with Crippen LogP contribution in [0.4, 0.5) is 0 Å². The van der Waals surface area contributed by atoms with Crippen molar-refractivity contribution in [3.8, 4) is 0 Å². The van der Waals surface area contributed by atoms with E-state index in [1.54, 1.807) is 24.3 Å². The Hall–Kier alpha value is -1.91. The summed E-state index contributed by atoms with van der Waals surface area (Å²) < 4.78 is 5.42. The monoisotopic (exact) mass is 346 g/mol. The molecule has 0 radical (unpaired) electrons. The molecule has 0 unspecified atom stereocenters. The maximum atomic E-state index is 13.2. The lowest BCUT2D eigenvalue weighted by Crippen LogP contribution is -2.46. The number of carbonyl (C=O) groups excluding carboxylic acids is 2. The molecule has 0 bridgehead atoms. The number of aliphatic hydroxyl groups is 1. The molecule has 126 valence electrons. The zero-order valence-corrected chi connectivity index (χ0v) is 14.1. The van der Waals surface area contributed by atoms with E-state index < -0.39 is 5.41 Å². The minimum Gasteiger partial charge on any atom is -0.506 e. The molecule has 1 heterocycles. The third-order valence-corrected chi connectivity index (χ3v) is 5.09. The second-order valence-corrected chi connectivity index (χ2v) is 6.62. The largest absolute Gasteiger partial charge is 0.506 e. The van der Waals surface area contributed by atoms with Crippen LogP contribution in [0.15, 0.2) is 36.4 Å². The molecular weight excluding hydrogens is 328 g/mol. The third-order valence-electron chi connectivity index (χ3n) is 4.85. The molecule has 0 atom stereocenters. The zero-order chi connectivity index (χ0) is 17.3. The van der Waals surface area contributed by atoms with Gasteiger partial charge in [-0.15, -0.1) is 6.58 Å². The number of allylic oxidation sites excluding steroid dienone is 2. The molecule has 3 rings (SSSR count). The average molecular weight is 347 g/mol. The summed E-state index contributed by atoms with van der Waals surface area (Å²) in [6, 6.07) is 5.11. The second kappa shape index (κ2) is 6.54. The highest BCUT2D eigenvalue weighted by atomic mass is 35.5. The molecule has 0 amide bonds. The summed E-state index contributed by atoms with van der Waals surface area (Å²) in [5.74, 6) is -0.912. The van der Waals surface area contributed by atoms with Gasteiger partial charge in [-0.05, 0) is 37.0 Å². The number of hydrogen-bond donors (Lipinski definition) is 1. The lowest BCUT2D eigenvalue weighted by molar-refractivity contribution is -0.127. The SMILES string of the molecule is C=CCCC(=O)C1=C(O)c2cc(Cl)ccc2C2(CCOCC2)C1=O. The van der Waals surface area contributed by atoms with Gasteiger partial charge in [-0.3, -0.25) is 9.59 Å². The van der Waals surface area contributed by atoms with Gasteiger partial charge in [-0.1, -0.05) is 23.7 Å². The van der Waals surface area contributed by atoms with Crippen LogP contribution in [-0.4, -0.2) is 29.9 Å². The third kappa shape index (κ3) is 2.60. The van der Waals surface area contributed by atoms with E-state index in [9.17, 15) is 14.7 Å². The van der Waals surface area contributed by atoms with Crippen molar-refractivity contribution in [2.24, 2.45) is 0 Å². The summed E-state index contributed by atoms with van der Waals surface area (Å²) in [7, 11) is 0. The van der Waals surface area contributed by atoms with Crippen LogP contribution in [0.25, 0.3) is 5.76 Å². The lowest BCUT2D eigenvalue weighted by atomic mass is 9.63. The van der Waals surface area contributed by atoms with Gasteiger partial charge in [0, 0.05) is 30.2 Å². The topological polar surface area (TPSA) is 63.6 Å². The number of Topliss-reactive ketones (excluding diaryl/α,β-unsaturated/α-hetero) is 2. The van der Waals surface area contributed by atoms with Crippen molar-refractivity contribution in [2.75, 3.05) is 13.2 Å². The van der Waals surface area contributed by atoms with Crippen LogP contribution >= 0.6 is 11.6 Å². The van der Waals surface area contributed by atoms with Crippen LogP contribution in [-0.2, 0) is 19.7 Å². The van der Waals surface area contributed by atoms with E-state index in [4.69, 9.17) is 16.3 Å². The fourth-order valence-corrected chi connectivity index (χ4v) is 3.74. The summed E-state index contributed by atoms with van der Waals surface area (Å²) in [4.78, 5) is 25.8. The van der Waals surface area contributed by atoms with Crippen LogP contribution in [0.3, 0.4) is 0 Å². The van der Waals surface area contributed by atoms with Gasteiger partial charge >= 0.3 is 0 Å². The predicted molar refractivity (Wildman–Crippen MR) is 92.2 cm³/mol. The van der Waals surface area contributed by atoms with E-state index in [0.29, 0.717) is 43.1 Å². The highest BCUT2D eigenvalue weighted by Crippen LogP contribution is 2.46. The Balaban J connectivity index is 2.18. The molecule has 1 N–H and O–H groups in total. The van der Waals surface area contributed by atoms with E-state index in [-0.39, 0.29) is 29.3 Å². The molecule has 24 heavy (non-hydrogen) atoms. The number of fused-ring (bicyclic) bond motifs is 2. The van der Waals surface area contributed by atoms with Gasteiger partial charge in [0.05, 0.1) is 5.41 Å². The Bertz CT molecular complexity index is 742. The molecule has 0 aromatic heterocycles. The van der Waals surface area contributed by atoms with Gasteiger partial charge in [0.2, 0.25) is 0 Å². The summed E-state index contributed by atoms with van der Waals surface area (Å²) in [5.41, 5.74) is 0.293.